The van der Waals surface area contributed by atoms with E-state index >= 15 is 0 Å². The Morgan fingerprint density at radius 3 is 2.48 bits per heavy atom. The standard InChI is InChI=1S/C15H23ClN2O3/c1-14(2,3)21-13(20)18-12-6-5-10(16)7-11(12)15(4,8-17)9-19/h5-7,19H,8-9,17H2,1-4H3,(H,18,20). The molecule has 0 aromatic heterocycles. The molecule has 0 aliphatic carbocycles. The topological polar surface area (TPSA) is 84.6 Å². The number of aliphatic hydroxyl groups is 1. The predicted octanol–water partition coefficient (Wildman–Crippen LogP) is 2.90. The van der Waals surface area contributed by atoms with Gasteiger partial charge in [-0.15, -0.1) is 0 Å². The minimum absolute atomic E-state index is 0.160. The minimum atomic E-state index is -0.699. The molecule has 1 atom stereocenters. The number of aliphatic hydroxyl groups excluding tert-OH is 1. The monoisotopic (exact) mass is 314 g/mol. The quantitative estimate of drug-likeness (QED) is 0.797. The van der Waals surface area contributed by atoms with Crippen molar-refractivity contribution in [2.75, 3.05) is 18.5 Å². The Bertz CT molecular complexity index is 508. The van der Waals surface area contributed by atoms with Gasteiger partial charge in [0.15, 0.2) is 0 Å². The van der Waals surface area contributed by atoms with Gasteiger partial charge < -0.3 is 15.6 Å². The zero-order chi connectivity index (χ0) is 16.3. The van der Waals surface area contributed by atoms with Crippen LogP contribution in [0, 0.1) is 0 Å². The van der Waals surface area contributed by atoms with Crippen LogP contribution in [-0.2, 0) is 10.2 Å². The zero-order valence-corrected chi connectivity index (χ0v) is 13.6. The lowest BCUT2D eigenvalue weighted by molar-refractivity contribution is 0.0635. The van der Waals surface area contributed by atoms with E-state index in [9.17, 15) is 9.90 Å². The molecule has 5 nitrogen and oxygen atoms in total. The molecule has 0 spiro atoms. The van der Waals surface area contributed by atoms with Crippen LogP contribution in [0.15, 0.2) is 18.2 Å². The van der Waals surface area contributed by atoms with Crippen LogP contribution >= 0.6 is 11.6 Å². The second-order valence-corrected chi connectivity index (χ2v) is 6.68. The molecule has 0 aliphatic heterocycles. The molecule has 1 unspecified atom stereocenters. The van der Waals surface area contributed by atoms with Crippen molar-refractivity contribution in [3.8, 4) is 0 Å². The van der Waals surface area contributed by atoms with Crippen molar-refractivity contribution in [1.29, 1.82) is 0 Å². The van der Waals surface area contributed by atoms with Crippen LogP contribution in [0.25, 0.3) is 0 Å². The number of halogens is 1. The van der Waals surface area contributed by atoms with Gasteiger partial charge in [-0.1, -0.05) is 18.5 Å². The third kappa shape index (κ3) is 4.88. The molecule has 1 aromatic carbocycles. The number of anilines is 1. The number of hydrogen-bond donors (Lipinski definition) is 3. The van der Waals surface area contributed by atoms with E-state index in [1.807, 2.05) is 0 Å². The van der Waals surface area contributed by atoms with Crippen molar-refractivity contribution in [1.82, 2.24) is 0 Å². The molecule has 1 amide bonds. The average molecular weight is 315 g/mol. The van der Waals surface area contributed by atoms with Crippen LogP contribution in [-0.4, -0.2) is 30.0 Å². The van der Waals surface area contributed by atoms with Gasteiger partial charge in [0.1, 0.15) is 5.60 Å². The fourth-order valence-electron chi connectivity index (χ4n) is 1.80. The van der Waals surface area contributed by atoms with Crippen LogP contribution in [0.3, 0.4) is 0 Å². The van der Waals surface area contributed by atoms with Gasteiger partial charge in [-0.3, -0.25) is 5.32 Å². The van der Waals surface area contributed by atoms with Gasteiger partial charge >= 0.3 is 6.09 Å². The Kier molecular flexibility index (Phi) is 5.61. The van der Waals surface area contributed by atoms with Gasteiger partial charge in [0.05, 0.1) is 6.61 Å². The smallest absolute Gasteiger partial charge is 0.412 e. The maximum atomic E-state index is 11.9. The van der Waals surface area contributed by atoms with Crippen LogP contribution < -0.4 is 11.1 Å². The van der Waals surface area contributed by atoms with Crippen LogP contribution in [0.1, 0.15) is 33.3 Å². The van der Waals surface area contributed by atoms with Crippen molar-refractivity contribution < 1.29 is 14.6 Å². The van der Waals surface area contributed by atoms with Gasteiger partial charge in [0.2, 0.25) is 0 Å². The summed E-state index contributed by atoms with van der Waals surface area (Å²) in [5, 5.41) is 12.8. The summed E-state index contributed by atoms with van der Waals surface area (Å²) in [6.45, 7) is 7.21. The number of rotatable bonds is 4. The summed E-state index contributed by atoms with van der Waals surface area (Å²) < 4.78 is 5.23. The van der Waals surface area contributed by atoms with Crippen molar-refractivity contribution in [2.24, 2.45) is 5.73 Å². The molecule has 4 N–H and O–H groups in total. The maximum absolute atomic E-state index is 11.9. The molecule has 21 heavy (non-hydrogen) atoms. The minimum Gasteiger partial charge on any atom is -0.444 e. The first-order chi connectivity index (χ1) is 9.61. The lowest BCUT2D eigenvalue weighted by Crippen LogP contribution is -2.37. The highest BCUT2D eigenvalue weighted by molar-refractivity contribution is 6.30. The molecule has 0 fully saturated rings. The number of carbonyl (C=O) groups excluding carboxylic acids is 1. The molecule has 0 aliphatic rings. The Hall–Kier alpha value is -1.30. The third-order valence-electron chi connectivity index (χ3n) is 3.07. The van der Waals surface area contributed by atoms with E-state index in [4.69, 9.17) is 22.1 Å². The normalized spacial score (nSPS) is 14.4. The van der Waals surface area contributed by atoms with E-state index in [-0.39, 0.29) is 13.2 Å². The van der Waals surface area contributed by atoms with Crippen LogP contribution in [0.5, 0.6) is 0 Å². The largest absolute Gasteiger partial charge is 0.444 e. The number of amides is 1. The van der Waals surface area contributed by atoms with Crippen LogP contribution in [0.2, 0.25) is 5.02 Å². The maximum Gasteiger partial charge on any atom is 0.412 e. The van der Waals surface area contributed by atoms with Crippen molar-refractivity contribution >= 4 is 23.4 Å². The van der Waals surface area contributed by atoms with Crippen molar-refractivity contribution in [3.63, 3.8) is 0 Å². The number of carbonyl (C=O) groups is 1. The number of hydrogen-bond acceptors (Lipinski definition) is 4. The Labute approximate surface area is 130 Å². The fraction of sp³-hybridized carbons (Fsp3) is 0.533. The predicted molar refractivity (Wildman–Crippen MR) is 84.8 cm³/mol. The Balaban J connectivity index is 3.11. The first-order valence-electron chi connectivity index (χ1n) is 6.72. The molecular formula is C15H23ClN2O3. The van der Waals surface area contributed by atoms with E-state index in [0.717, 1.165) is 0 Å². The molecule has 1 aromatic rings. The Morgan fingerprint density at radius 2 is 2.00 bits per heavy atom. The molecule has 0 saturated heterocycles. The number of benzene rings is 1. The molecule has 0 bridgehead atoms. The van der Waals surface area contributed by atoms with Crippen molar-refractivity contribution in [2.45, 2.75) is 38.7 Å². The van der Waals surface area contributed by atoms with Crippen LogP contribution in [0.4, 0.5) is 10.5 Å². The highest BCUT2D eigenvalue weighted by Gasteiger charge is 2.28. The van der Waals surface area contributed by atoms with Gasteiger partial charge in [-0.05, 0) is 44.5 Å². The molecular weight excluding hydrogens is 292 g/mol. The molecule has 118 valence electrons. The summed E-state index contributed by atoms with van der Waals surface area (Å²) in [6, 6.07) is 5.02. The van der Waals surface area contributed by atoms with Gasteiger partial charge in [-0.2, -0.15) is 0 Å². The lowest BCUT2D eigenvalue weighted by atomic mass is 9.82. The molecule has 0 heterocycles. The van der Waals surface area contributed by atoms with E-state index in [1.54, 1.807) is 45.9 Å². The summed E-state index contributed by atoms with van der Waals surface area (Å²) in [4.78, 5) is 11.9. The molecule has 1 rings (SSSR count). The fourth-order valence-corrected chi connectivity index (χ4v) is 1.97. The van der Waals surface area contributed by atoms with Gasteiger partial charge in [0.25, 0.3) is 0 Å². The van der Waals surface area contributed by atoms with Gasteiger partial charge in [-0.25, -0.2) is 4.79 Å². The van der Waals surface area contributed by atoms with Crippen molar-refractivity contribution in [3.05, 3.63) is 28.8 Å². The highest BCUT2D eigenvalue weighted by atomic mass is 35.5. The summed E-state index contributed by atoms with van der Waals surface area (Å²) in [5.41, 5.74) is 5.66. The second-order valence-electron chi connectivity index (χ2n) is 6.24. The average Bonchev–Trinajstić information content (AvgIpc) is 2.37. The number of nitrogens with two attached hydrogens (primary N) is 1. The molecule has 0 saturated carbocycles. The SMILES string of the molecule is CC(C)(C)OC(=O)Nc1ccc(Cl)cc1C(C)(CN)CO. The zero-order valence-electron chi connectivity index (χ0n) is 12.9. The summed E-state index contributed by atoms with van der Waals surface area (Å²) >= 11 is 6.01. The van der Waals surface area contributed by atoms with E-state index in [1.165, 1.54) is 0 Å². The van der Waals surface area contributed by atoms with E-state index < -0.39 is 17.1 Å². The first-order valence-corrected chi connectivity index (χ1v) is 7.10. The van der Waals surface area contributed by atoms with E-state index in [2.05, 4.69) is 5.32 Å². The Morgan fingerprint density at radius 1 is 1.38 bits per heavy atom. The lowest BCUT2D eigenvalue weighted by Gasteiger charge is -2.29. The summed E-state index contributed by atoms with van der Waals surface area (Å²) in [7, 11) is 0. The van der Waals surface area contributed by atoms with E-state index in [0.29, 0.717) is 16.3 Å². The number of nitrogens with one attached hydrogen (secondary N) is 1. The third-order valence-corrected chi connectivity index (χ3v) is 3.30. The second kappa shape index (κ2) is 6.64. The first kappa shape index (κ1) is 17.8. The highest BCUT2D eigenvalue weighted by Crippen LogP contribution is 2.32. The van der Waals surface area contributed by atoms with Gasteiger partial charge in [0, 0.05) is 22.7 Å². The number of ether oxygens (including phenoxy) is 1. The summed E-state index contributed by atoms with van der Waals surface area (Å²) in [6.07, 6.45) is -0.566. The molecule has 0 radical (unpaired) electrons. The summed E-state index contributed by atoms with van der Waals surface area (Å²) in [5.74, 6) is 0. The molecule has 6 heteroatoms.